The van der Waals surface area contributed by atoms with Crippen molar-refractivity contribution in [1.29, 1.82) is 0 Å². The van der Waals surface area contributed by atoms with E-state index in [1.807, 2.05) is 43.1 Å². The van der Waals surface area contributed by atoms with Crippen molar-refractivity contribution < 1.29 is 14.2 Å². The first kappa shape index (κ1) is 18.5. The lowest BCUT2D eigenvalue weighted by Gasteiger charge is -2.14. The quantitative estimate of drug-likeness (QED) is 0.442. The van der Waals surface area contributed by atoms with E-state index in [1.54, 1.807) is 12.1 Å². The van der Waals surface area contributed by atoms with Crippen molar-refractivity contribution in [3.8, 4) is 17.1 Å². The van der Waals surface area contributed by atoms with Crippen LogP contribution in [0.4, 0.5) is 5.69 Å². The Bertz CT molecular complexity index is 908. The summed E-state index contributed by atoms with van der Waals surface area (Å²) in [5, 5.41) is 14.8. The van der Waals surface area contributed by atoms with Gasteiger partial charge in [-0.15, -0.1) is 0 Å². The van der Waals surface area contributed by atoms with Gasteiger partial charge in [-0.1, -0.05) is 29.4 Å². The average molecular weight is 368 g/mol. The highest BCUT2D eigenvalue weighted by molar-refractivity contribution is 5.58. The molecule has 0 N–H and O–H groups in total. The molecule has 27 heavy (non-hydrogen) atoms. The van der Waals surface area contributed by atoms with Gasteiger partial charge in [0.2, 0.25) is 11.7 Å². The molecule has 0 radical (unpaired) electrons. The van der Waals surface area contributed by atoms with Crippen LogP contribution in [0.25, 0.3) is 11.4 Å². The van der Waals surface area contributed by atoms with Gasteiger partial charge >= 0.3 is 0 Å². The highest BCUT2D eigenvalue weighted by atomic mass is 16.6. The van der Waals surface area contributed by atoms with E-state index >= 15 is 0 Å². The molecule has 0 amide bonds. The Morgan fingerprint density at radius 3 is 2.67 bits per heavy atom. The molecule has 2 aromatic carbocycles. The summed E-state index contributed by atoms with van der Waals surface area (Å²) in [6, 6.07) is 14.1. The highest BCUT2D eigenvalue weighted by Gasteiger charge is 2.14. The highest BCUT2D eigenvalue weighted by Crippen LogP contribution is 2.22. The summed E-state index contributed by atoms with van der Waals surface area (Å²) in [4.78, 5) is 16.8. The van der Waals surface area contributed by atoms with Gasteiger partial charge in [0.25, 0.3) is 5.69 Å². The minimum atomic E-state index is -0.449. The van der Waals surface area contributed by atoms with Crippen molar-refractivity contribution >= 4 is 5.69 Å². The van der Waals surface area contributed by atoms with E-state index in [2.05, 4.69) is 10.1 Å². The molecule has 0 aliphatic rings. The average Bonchev–Trinajstić information content (AvgIpc) is 3.12. The zero-order valence-corrected chi connectivity index (χ0v) is 15.2. The van der Waals surface area contributed by atoms with E-state index in [4.69, 9.17) is 9.26 Å². The van der Waals surface area contributed by atoms with Gasteiger partial charge in [0.1, 0.15) is 5.75 Å². The lowest BCUT2D eigenvalue weighted by Crippen LogP contribution is -2.17. The SMILES string of the molecule is CCOc1ccc(CN(C)Cc2nc(-c3cccc([N+](=O)[O-])c3)no2)cc1. The predicted molar refractivity (Wildman–Crippen MR) is 99.2 cm³/mol. The molecule has 0 saturated carbocycles. The summed E-state index contributed by atoms with van der Waals surface area (Å²) in [5.74, 6) is 1.63. The number of hydrogen-bond donors (Lipinski definition) is 0. The van der Waals surface area contributed by atoms with E-state index < -0.39 is 4.92 Å². The van der Waals surface area contributed by atoms with Gasteiger partial charge in [0.15, 0.2) is 0 Å². The number of nitro benzene ring substituents is 1. The van der Waals surface area contributed by atoms with E-state index in [1.165, 1.54) is 12.1 Å². The normalized spacial score (nSPS) is 10.9. The number of nitrogens with zero attached hydrogens (tertiary/aromatic N) is 4. The Morgan fingerprint density at radius 2 is 1.96 bits per heavy atom. The second-order valence-electron chi connectivity index (χ2n) is 6.07. The van der Waals surface area contributed by atoms with Gasteiger partial charge < -0.3 is 9.26 Å². The third-order valence-corrected chi connectivity index (χ3v) is 3.88. The Hall–Kier alpha value is -3.26. The standard InChI is InChI=1S/C19H20N4O4/c1-3-26-17-9-7-14(8-10-17)12-22(2)13-18-20-19(21-27-18)15-5-4-6-16(11-15)23(24)25/h4-11H,3,12-13H2,1-2H3. The van der Waals surface area contributed by atoms with Crippen molar-refractivity contribution in [2.75, 3.05) is 13.7 Å². The molecule has 8 heteroatoms. The van der Waals surface area contributed by atoms with Gasteiger partial charge in [-0.05, 0) is 31.7 Å². The van der Waals surface area contributed by atoms with Crippen LogP contribution in [0.3, 0.4) is 0 Å². The van der Waals surface area contributed by atoms with Gasteiger partial charge in [-0.2, -0.15) is 4.98 Å². The maximum absolute atomic E-state index is 10.9. The molecule has 1 aromatic heterocycles. The molecular weight excluding hydrogens is 348 g/mol. The summed E-state index contributed by atoms with van der Waals surface area (Å²) >= 11 is 0. The van der Waals surface area contributed by atoms with Crippen LogP contribution in [0.1, 0.15) is 18.4 Å². The van der Waals surface area contributed by atoms with Crippen molar-refractivity contribution in [2.24, 2.45) is 0 Å². The molecule has 140 valence electrons. The number of aromatic nitrogens is 2. The monoisotopic (exact) mass is 368 g/mol. The maximum atomic E-state index is 10.9. The number of ether oxygens (including phenoxy) is 1. The smallest absolute Gasteiger partial charge is 0.270 e. The van der Waals surface area contributed by atoms with E-state index in [9.17, 15) is 10.1 Å². The first-order chi connectivity index (χ1) is 13.0. The predicted octanol–water partition coefficient (Wildman–Crippen LogP) is 3.68. The molecule has 0 bridgehead atoms. The first-order valence-electron chi connectivity index (χ1n) is 8.53. The number of nitro groups is 1. The second-order valence-corrected chi connectivity index (χ2v) is 6.07. The molecule has 0 unspecified atom stereocenters. The summed E-state index contributed by atoms with van der Waals surface area (Å²) in [6.07, 6.45) is 0. The van der Waals surface area contributed by atoms with Crippen LogP contribution in [0, 0.1) is 10.1 Å². The Balaban J connectivity index is 1.63. The molecule has 0 spiro atoms. The number of benzene rings is 2. The van der Waals surface area contributed by atoms with Gasteiger partial charge in [0, 0.05) is 24.2 Å². The minimum absolute atomic E-state index is 0.00790. The number of non-ortho nitro benzene ring substituents is 1. The molecule has 0 atom stereocenters. The van der Waals surface area contributed by atoms with Crippen LogP contribution >= 0.6 is 0 Å². The Labute approximate surface area is 156 Å². The topological polar surface area (TPSA) is 94.5 Å². The van der Waals surface area contributed by atoms with Crippen LogP contribution < -0.4 is 4.74 Å². The third kappa shape index (κ3) is 4.89. The van der Waals surface area contributed by atoms with Crippen molar-refractivity contribution in [3.05, 3.63) is 70.1 Å². The lowest BCUT2D eigenvalue weighted by atomic mass is 10.2. The van der Waals surface area contributed by atoms with Crippen molar-refractivity contribution in [2.45, 2.75) is 20.0 Å². The third-order valence-electron chi connectivity index (χ3n) is 3.88. The summed E-state index contributed by atoms with van der Waals surface area (Å²) in [6.45, 7) is 3.77. The molecule has 3 rings (SSSR count). The summed E-state index contributed by atoms with van der Waals surface area (Å²) < 4.78 is 10.7. The lowest BCUT2D eigenvalue weighted by molar-refractivity contribution is -0.384. The van der Waals surface area contributed by atoms with E-state index in [-0.39, 0.29) is 5.69 Å². The summed E-state index contributed by atoms with van der Waals surface area (Å²) in [7, 11) is 1.95. The van der Waals surface area contributed by atoms with E-state index in [0.29, 0.717) is 37.0 Å². The van der Waals surface area contributed by atoms with Crippen molar-refractivity contribution in [1.82, 2.24) is 15.0 Å². The van der Waals surface area contributed by atoms with Crippen LogP contribution in [0.15, 0.2) is 53.1 Å². The number of rotatable bonds is 8. The molecule has 0 aliphatic heterocycles. The minimum Gasteiger partial charge on any atom is -0.494 e. The van der Waals surface area contributed by atoms with E-state index in [0.717, 1.165) is 11.3 Å². The molecular formula is C19H20N4O4. The Kier molecular flexibility index (Phi) is 5.77. The van der Waals surface area contributed by atoms with Gasteiger partial charge in [-0.25, -0.2) is 0 Å². The fourth-order valence-corrected chi connectivity index (χ4v) is 2.65. The van der Waals surface area contributed by atoms with Crippen LogP contribution in [-0.2, 0) is 13.1 Å². The largest absolute Gasteiger partial charge is 0.494 e. The van der Waals surface area contributed by atoms with Crippen LogP contribution in [0.2, 0.25) is 0 Å². The molecule has 3 aromatic rings. The molecule has 0 saturated heterocycles. The first-order valence-corrected chi connectivity index (χ1v) is 8.53. The Morgan fingerprint density at radius 1 is 1.19 bits per heavy atom. The van der Waals surface area contributed by atoms with Crippen LogP contribution in [0.5, 0.6) is 5.75 Å². The molecule has 0 aliphatic carbocycles. The van der Waals surface area contributed by atoms with Crippen LogP contribution in [-0.4, -0.2) is 33.6 Å². The molecule has 1 heterocycles. The maximum Gasteiger partial charge on any atom is 0.270 e. The molecule has 8 nitrogen and oxygen atoms in total. The fraction of sp³-hybridized carbons (Fsp3) is 0.263. The fourth-order valence-electron chi connectivity index (χ4n) is 2.65. The van der Waals surface area contributed by atoms with Gasteiger partial charge in [0.05, 0.1) is 18.1 Å². The zero-order valence-electron chi connectivity index (χ0n) is 15.2. The molecule has 0 fully saturated rings. The number of hydrogen-bond acceptors (Lipinski definition) is 7. The van der Waals surface area contributed by atoms with Gasteiger partial charge in [-0.3, -0.25) is 15.0 Å². The second kappa shape index (κ2) is 8.41. The van der Waals surface area contributed by atoms with Crippen molar-refractivity contribution in [3.63, 3.8) is 0 Å². The summed E-state index contributed by atoms with van der Waals surface area (Å²) in [5.41, 5.74) is 1.68. The zero-order chi connectivity index (χ0) is 19.2.